The zero-order valence-electron chi connectivity index (χ0n) is 8.16. The summed E-state index contributed by atoms with van der Waals surface area (Å²) in [5.41, 5.74) is 0. The Labute approximate surface area is 80.6 Å². The zero-order chi connectivity index (χ0) is 9.73. The lowest BCUT2D eigenvalue weighted by Gasteiger charge is -2.10. The van der Waals surface area contributed by atoms with Crippen LogP contribution in [0, 0.1) is 0 Å². The van der Waals surface area contributed by atoms with Gasteiger partial charge in [-0.25, -0.2) is 0 Å². The predicted molar refractivity (Wildman–Crippen MR) is 52.0 cm³/mol. The van der Waals surface area contributed by atoms with Crippen LogP contribution in [0.2, 0.25) is 0 Å². The fraction of sp³-hybridized carbons (Fsp3) is 1.00. The molecule has 13 heavy (non-hydrogen) atoms. The van der Waals surface area contributed by atoms with Crippen molar-refractivity contribution in [2.24, 2.45) is 0 Å². The molecule has 0 bridgehead atoms. The van der Waals surface area contributed by atoms with Gasteiger partial charge >= 0.3 is 0 Å². The summed E-state index contributed by atoms with van der Waals surface area (Å²) in [6.07, 6.45) is 5.43. The van der Waals surface area contributed by atoms with Gasteiger partial charge in [-0.2, -0.15) is 8.42 Å². The van der Waals surface area contributed by atoms with Crippen molar-refractivity contribution in [1.29, 1.82) is 0 Å². The molecular weight excluding hydrogens is 188 g/mol. The molecule has 1 rings (SSSR count). The van der Waals surface area contributed by atoms with Crippen LogP contribution >= 0.6 is 0 Å². The summed E-state index contributed by atoms with van der Waals surface area (Å²) < 4.78 is 27.9. The highest BCUT2D eigenvalue weighted by Crippen LogP contribution is 2.25. The first-order valence-electron chi connectivity index (χ1n) is 5.05. The normalized spacial score (nSPS) is 19.5. The summed E-state index contributed by atoms with van der Waals surface area (Å²) in [7, 11) is -3.23. The molecule has 0 radical (unpaired) electrons. The lowest BCUT2D eigenvalue weighted by atomic mass is 10.4. The SMILES string of the molecule is CCCCOS(=O)(=O)C1CCCC1. The molecule has 0 N–H and O–H groups in total. The van der Waals surface area contributed by atoms with Gasteiger partial charge < -0.3 is 0 Å². The van der Waals surface area contributed by atoms with Crippen LogP contribution in [0.5, 0.6) is 0 Å². The molecule has 1 aliphatic rings. The Bertz CT molecular complexity index is 227. The molecule has 4 heteroatoms. The van der Waals surface area contributed by atoms with E-state index in [1.54, 1.807) is 0 Å². The summed E-state index contributed by atoms with van der Waals surface area (Å²) in [5, 5.41) is -0.218. The summed E-state index contributed by atoms with van der Waals surface area (Å²) in [4.78, 5) is 0. The van der Waals surface area contributed by atoms with Crippen molar-refractivity contribution in [2.75, 3.05) is 6.61 Å². The molecule has 0 aliphatic heterocycles. The molecule has 0 aromatic rings. The monoisotopic (exact) mass is 206 g/mol. The quantitative estimate of drug-likeness (QED) is 0.511. The van der Waals surface area contributed by atoms with Crippen molar-refractivity contribution in [3.63, 3.8) is 0 Å². The molecule has 0 amide bonds. The minimum absolute atomic E-state index is 0.218. The molecule has 78 valence electrons. The van der Waals surface area contributed by atoms with Gasteiger partial charge in [-0.1, -0.05) is 26.2 Å². The minimum Gasteiger partial charge on any atom is -0.270 e. The van der Waals surface area contributed by atoms with Crippen molar-refractivity contribution < 1.29 is 12.6 Å². The van der Waals surface area contributed by atoms with Crippen molar-refractivity contribution >= 4 is 10.1 Å². The van der Waals surface area contributed by atoms with Gasteiger partial charge in [-0.05, 0) is 19.3 Å². The molecular formula is C9H18O3S. The highest BCUT2D eigenvalue weighted by atomic mass is 32.2. The average molecular weight is 206 g/mol. The molecule has 0 unspecified atom stereocenters. The van der Waals surface area contributed by atoms with E-state index in [0.29, 0.717) is 6.61 Å². The summed E-state index contributed by atoms with van der Waals surface area (Å²) in [6.45, 7) is 2.38. The van der Waals surface area contributed by atoms with Crippen LogP contribution in [-0.4, -0.2) is 20.3 Å². The standard InChI is InChI=1S/C9H18O3S/c1-2-3-8-12-13(10,11)9-6-4-5-7-9/h9H,2-8H2,1H3. The second kappa shape index (κ2) is 4.96. The van der Waals surface area contributed by atoms with Crippen LogP contribution in [0.1, 0.15) is 45.4 Å². The second-order valence-electron chi connectivity index (χ2n) is 3.57. The van der Waals surface area contributed by atoms with Gasteiger partial charge in [0.15, 0.2) is 0 Å². The third-order valence-electron chi connectivity index (χ3n) is 2.46. The lowest BCUT2D eigenvalue weighted by Crippen LogP contribution is -2.20. The highest BCUT2D eigenvalue weighted by Gasteiger charge is 2.29. The van der Waals surface area contributed by atoms with Crippen molar-refractivity contribution in [1.82, 2.24) is 0 Å². The Morgan fingerprint density at radius 2 is 1.92 bits per heavy atom. The van der Waals surface area contributed by atoms with E-state index in [0.717, 1.165) is 38.5 Å². The zero-order valence-corrected chi connectivity index (χ0v) is 8.98. The fourth-order valence-electron chi connectivity index (χ4n) is 1.59. The van der Waals surface area contributed by atoms with E-state index >= 15 is 0 Å². The molecule has 0 spiro atoms. The Kier molecular flexibility index (Phi) is 4.19. The summed E-state index contributed by atoms with van der Waals surface area (Å²) in [5.74, 6) is 0. The largest absolute Gasteiger partial charge is 0.270 e. The summed E-state index contributed by atoms with van der Waals surface area (Å²) in [6, 6.07) is 0. The first-order chi connectivity index (χ1) is 6.17. The van der Waals surface area contributed by atoms with Crippen LogP contribution in [0.4, 0.5) is 0 Å². The smallest absolute Gasteiger partial charge is 0.270 e. The average Bonchev–Trinajstić information content (AvgIpc) is 2.56. The van der Waals surface area contributed by atoms with Crippen molar-refractivity contribution in [3.05, 3.63) is 0 Å². The summed E-state index contributed by atoms with van der Waals surface area (Å²) >= 11 is 0. The number of rotatable bonds is 5. The fourth-order valence-corrected chi connectivity index (χ4v) is 3.05. The number of hydrogen-bond acceptors (Lipinski definition) is 3. The molecule has 0 saturated heterocycles. The van der Waals surface area contributed by atoms with Crippen molar-refractivity contribution in [3.8, 4) is 0 Å². The Hall–Kier alpha value is -0.0900. The molecule has 1 saturated carbocycles. The number of hydrogen-bond donors (Lipinski definition) is 0. The van der Waals surface area contributed by atoms with E-state index in [2.05, 4.69) is 0 Å². The maximum Gasteiger partial charge on any atom is 0.270 e. The molecule has 0 aromatic carbocycles. The maximum absolute atomic E-state index is 11.5. The highest BCUT2D eigenvalue weighted by molar-refractivity contribution is 7.87. The molecule has 0 atom stereocenters. The maximum atomic E-state index is 11.5. The second-order valence-corrected chi connectivity index (χ2v) is 5.46. The predicted octanol–water partition coefficient (Wildman–Crippen LogP) is 2.08. The molecule has 3 nitrogen and oxygen atoms in total. The first-order valence-corrected chi connectivity index (χ1v) is 6.52. The minimum atomic E-state index is -3.23. The van der Waals surface area contributed by atoms with Crippen LogP contribution in [0.3, 0.4) is 0 Å². The number of unbranched alkanes of at least 4 members (excludes halogenated alkanes) is 1. The van der Waals surface area contributed by atoms with Gasteiger partial charge in [-0.15, -0.1) is 0 Å². The Morgan fingerprint density at radius 3 is 2.46 bits per heavy atom. The molecule has 0 heterocycles. The van der Waals surface area contributed by atoms with E-state index in [1.165, 1.54) is 0 Å². The Balaban J connectivity index is 2.36. The molecule has 0 aromatic heterocycles. The topological polar surface area (TPSA) is 43.4 Å². The third-order valence-corrected chi connectivity index (χ3v) is 4.24. The van der Waals surface area contributed by atoms with Gasteiger partial charge in [-0.3, -0.25) is 4.18 Å². The van der Waals surface area contributed by atoms with E-state index in [1.807, 2.05) is 6.92 Å². The lowest BCUT2D eigenvalue weighted by molar-refractivity contribution is 0.304. The molecule has 1 aliphatic carbocycles. The third kappa shape index (κ3) is 3.27. The van der Waals surface area contributed by atoms with E-state index < -0.39 is 10.1 Å². The van der Waals surface area contributed by atoms with Gasteiger partial charge in [0.2, 0.25) is 0 Å². The van der Waals surface area contributed by atoms with Crippen LogP contribution < -0.4 is 0 Å². The first kappa shape index (κ1) is 11.0. The van der Waals surface area contributed by atoms with Crippen LogP contribution in [-0.2, 0) is 14.3 Å². The van der Waals surface area contributed by atoms with Gasteiger partial charge in [0, 0.05) is 0 Å². The van der Waals surface area contributed by atoms with E-state index in [4.69, 9.17) is 4.18 Å². The van der Waals surface area contributed by atoms with Crippen LogP contribution in [0.15, 0.2) is 0 Å². The van der Waals surface area contributed by atoms with E-state index in [-0.39, 0.29) is 5.25 Å². The van der Waals surface area contributed by atoms with Crippen LogP contribution in [0.25, 0.3) is 0 Å². The van der Waals surface area contributed by atoms with Crippen molar-refractivity contribution in [2.45, 2.75) is 50.7 Å². The van der Waals surface area contributed by atoms with Gasteiger partial charge in [0.1, 0.15) is 0 Å². The van der Waals surface area contributed by atoms with E-state index in [9.17, 15) is 8.42 Å². The van der Waals surface area contributed by atoms with Gasteiger partial charge in [0.05, 0.1) is 11.9 Å². The Morgan fingerprint density at radius 1 is 1.31 bits per heavy atom. The van der Waals surface area contributed by atoms with Gasteiger partial charge in [0.25, 0.3) is 10.1 Å². The molecule has 1 fully saturated rings.